The number of rotatable bonds is 9. The Morgan fingerprint density at radius 2 is 1.19 bits per heavy atom. The molecular formula is C22H22O4. The Morgan fingerprint density at radius 3 is 1.96 bits per heavy atom. The maximum Gasteiger partial charge on any atom is 0.161 e. The van der Waals surface area contributed by atoms with Crippen LogP contribution in [0.15, 0.2) is 78.9 Å². The molecule has 0 unspecified atom stereocenters. The molecule has 134 valence electrons. The quantitative estimate of drug-likeness (QED) is 0.488. The maximum atomic E-state index is 5.81. The van der Waals surface area contributed by atoms with Gasteiger partial charge in [-0.2, -0.15) is 0 Å². The Kier molecular flexibility index (Phi) is 6.37. The Morgan fingerprint density at radius 1 is 0.577 bits per heavy atom. The van der Waals surface area contributed by atoms with E-state index in [1.807, 2.05) is 85.8 Å². The molecule has 0 saturated heterocycles. The molecular weight excluding hydrogens is 328 g/mol. The molecule has 3 rings (SSSR count). The minimum absolute atomic E-state index is 0.424. The van der Waals surface area contributed by atoms with Gasteiger partial charge in [-0.05, 0) is 43.3 Å². The Bertz CT molecular complexity index is 802. The summed E-state index contributed by atoms with van der Waals surface area (Å²) in [5.41, 5.74) is 0. The second-order valence-corrected chi connectivity index (χ2v) is 5.47. The molecule has 0 saturated carbocycles. The van der Waals surface area contributed by atoms with Crippen molar-refractivity contribution in [1.29, 1.82) is 0 Å². The average Bonchev–Trinajstić information content (AvgIpc) is 2.68. The summed E-state index contributed by atoms with van der Waals surface area (Å²) < 4.78 is 22.9. The van der Waals surface area contributed by atoms with Crippen LogP contribution in [0, 0.1) is 0 Å². The van der Waals surface area contributed by atoms with E-state index in [4.69, 9.17) is 18.9 Å². The van der Waals surface area contributed by atoms with Crippen LogP contribution in [0.5, 0.6) is 28.7 Å². The first-order valence-electron chi connectivity index (χ1n) is 8.65. The lowest BCUT2D eigenvalue weighted by molar-refractivity contribution is 0.208. The van der Waals surface area contributed by atoms with Crippen LogP contribution in [0.25, 0.3) is 0 Å². The summed E-state index contributed by atoms with van der Waals surface area (Å²) in [6, 6.07) is 24.8. The Balaban J connectivity index is 1.50. The SMILES string of the molecule is CCOc1ccccc1OCCOc1cccc(Oc2ccccc2)c1. The van der Waals surface area contributed by atoms with Crippen LogP contribution in [-0.2, 0) is 0 Å². The lowest BCUT2D eigenvalue weighted by atomic mass is 10.3. The lowest BCUT2D eigenvalue weighted by Gasteiger charge is -2.12. The summed E-state index contributed by atoms with van der Waals surface area (Å²) in [4.78, 5) is 0. The van der Waals surface area contributed by atoms with Crippen molar-refractivity contribution in [2.45, 2.75) is 6.92 Å². The molecule has 0 N–H and O–H groups in total. The van der Waals surface area contributed by atoms with Gasteiger partial charge >= 0.3 is 0 Å². The third-order valence-electron chi connectivity index (χ3n) is 3.54. The molecule has 3 aromatic carbocycles. The molecule has 0 bridgehead atoms. The second-order valence-electron chi connectivity index (χ2n) is 5.47. The third kappa shape index (κ3) is 5.18. The van der Waals surface area contributed by atoms with E-state index in [0.29, 0.717) is 19.8 Å². The van der Waals surface area contributed by atoms with Gasteiger partial charge in [-0.25, -0.2) is 0 Å². The van der Waals surface area contributed by atoms with Gasteiger partial charge in [-0.1, -0.05) is 36.4 Å². The largest absolute Gasteiger partial charge is 0.490 e. The zero-order valence-electron chi connectivity index (χ0n) is 14.8. The zero-order valence-corrected chi connectivity index (χ0v) is 14.8. The summed E-state index contributed by atoms with van der Waals surface area (Å²) in [7, 11) is 0. The van der Waals surface area contributed by atoms with Crippen molar-refractivity contribution in [3.05, 3.63) is 78.9 Å². The first-order valence-corrected chi connectivity index (χ1v) is 8.65. The summed E-state index contributed by atoms with van der Waals surface area (Å²) in [6.45, 7) is 3.40. The fourth-order valence-corrected chi connectivity index (χ4v) is 2.41. The van der Waals surface area contributed by atoms with Crippen molar-refractivity contribution in [2.24, 2.45) is 0 Å². The summed E-state index contributed by atoms with van der Waals surface area (Å²) in [6.07, 6.45) is 0. The van der Waals surface area contributed by atoms with Gasteiger partial charge in [0.2, 0.25) is 0 Å². The summed E-state index contributed by atoms with van der Waals surface area (Å²) >= 11 is 0. The first-order chi connectivity index (χ1) is 12.8. The van der Waals surface area contributed by atoms with Gasteiger partial charge < -0.3 is 18.9 Å². The molecule has 0 aliphatic carbocycles. The predicted molar refractivity (Wildman–Crippen MR) is 102 cm³/mol. The van der Waals surface area contributed by atoms with Gasteiger partial charge in [-0.3, -0.25) is 0 Å². The van der Waals surface area contributed by atoms with E-state index in [2.05, 4.69) is 0 Å². The van der Waals surface area contributed by atoms with E-state index in [1.165, 1.54) is 0 Å². The highest BCUT2D eigenvalue weighted by atomic mass is 16.5. The Labute approximate surface area is 153 Å². The fraction of sp³-hybridized carbons (Fsp3) is 0.182. The van der Waals surface area contributed by atoms with Crippen molar-refractivity contribution >= 4 is 0 Å². The molecule has 0 aromatic heterocycles. The van der Waals surface area contributed by atoms with Crippen LogP contribution in [0.2, 0.25) is 0 Å². The van der Waals surface area contributed by atoms with Gasteiger partial charge in [0.05, 0.1) is 6.61 Å². The van der Waals surface area contributed by atoms with Crippen LogP contribution in [0.4, 0.5) is 0 Å². The highest BCUT2D eigenvalue weighted by Gasteiger charge is 2.04. The van der Waals surface area contributed by atoms with E-state index in [-0.39, 0.29) is 0 Å². The molecule has 26 heavy (non-hydrogen) atoms. The van der Waals surface area contributed by atoms with Crippen LogP contribution < -0.4 is 18.9 Å². The number of ether oxygens (including phenoxy) is 4. The van der Waals surface area contributed by atoms with Gasteiger partial charge in [0.1, 0.15) is 30.5 Å². The monoisotopic (exact) mass is 350 g/mol. The molecule has 0 radical (unpaired) electrons. The lowest BCUT2D eigenvalue weighted by Crippen LogP contribution is -2.09. The number of hydrogen-bond donors (Lipinski definition) is 0. The predicted octanol–water partition coefficient (Wildman–Crippen LogP) is 5.34. The highest BCUT2D eigenvalue weighted by molar-refractivity contribution is 5.39. The minimum atomic E-state index is 0.424. The van der Waals surface area contributed by atoms with E-state index in [1.54, 1.807) is 0 Å². The second kappa shape index (κ2) is 9.37. The van der Waals surface area contributed by atoms with E-state index in [0.717, 1.165) is 28.7 Å². The Hall–Kier alpha value is -3.14. The summed E-state index contributed by atoms with van der Waals surface area (Å²) in [5.74, 6) is 3.73. The minimum Gasteiger partial charge on any atom is -0.490 e. The average molecular weight is 350 g/mol. The molecule has 0 aliphatic rings. The first kappa shape index (κ1) is 17.7. The number of benzene rings is 3. The fourth-order valence-electron chi connectivity index (χ4n) is 2.41. The zero-order chi connectivity index (χ0) is 18.0. The van der Waals surface area contributed by atoms with E-state index in [9.17, 15) is 0 Å². The van der Waals surface area contributed by atoms with Gasteiger partial charge in [0, 0.05) is 6.07 Å². The molecule has 0 amide bonds. The third-order valence-corrected chi connectivity index (χ3v) is 3.54. The van der Waals surface area contributed by atoms with Crippen molar-refractivity contribution in [3.8, 4) is 28.7 Å². The molecule has 3 aromatic rings. The van der Waals surface area contributed by atoms with Gasteiger partial charge in [0.15, 0.2) is 11.5 Å². The van der Waals surface area contributed by atoms with Gasteiger partial charge in [0.25, 0.3) is 0 Å². The number of hydrogen-bond acceptors (Lipinski definition) is 4. The van der Waals surface area contributed by atoms with Crippen molar-refractivity contribution in [2.75, 3.05) is 19.8 Å². The van der Waals surface area contributed by atoms with Crippen molar-refractivity contribution in [3.63, 3.8) is 0 Å². The summed E-state index contributed by atoms with van der Waals surface area (Å²) in [5, 5.41) is 0. The van der Waals surface area contributed by atoms with Crippen LogP contribution in [0.3, 0.4) is 0 Å². The van der Waals surface area contributed by atoms with Crippen LogP contribution >= 0.6 is 0 Å². The van der Waals surface area contributed by atoms with E-state index >= 15 is 0 Å². The van der Waals surface area contributed by atoms with Crippen molar-refractivity contribution < 1.29 is 18.9 Å². The standard InChI is InChI=1S/C22H22O4/c1-2-23-21-13-6-7-14-22(21)25-16-15-24-19-11-8-12-20(17-19)26-18-9-4-3-5-10-18/h3-14,17H,2,15-16H2,1H3. The molecule has 0 atom stereocenters. The molecule has 0 aliphatic heterocycles. The molecule has 4 heteroatoms. The van der Waals surface area contributed by atoms with Crippen molar-refractivity contribution in [1.82, 2.24) is 0 Å². The van der Waals surface area contributed by atoms with Crippen LogP contribution in [-0.4, -0.2) is 19.8 Å². The molecule has 0 spiro atoms. The maximum absolute atomic E-state index is 5.81. The molecule has 4 nitrogen and oxygen atoms in total. The molecule has 0 heterocycles. The topological polar surface area (TPSA) is 36.9 Å². The number of para-hydroxylation sites is 3. The van der Waals surface area contributed by atoms with Gasteiger partial charge in [-0.15, -0.1) is 0 Å². The smallest absolute Gasteiger partial charge is 0.161 e. The van der Waals surface area contributed by atoms with E-state index < -0.39 is 0 Å². The van der Waals surface area contributed by atoms with Crippen LogP contribution in [0.1, 0.15) is 6.92 Å². The normalized spacial score (nSPS) is 10.2. The highest BCUT2D eigenvalue weighted by Crippen LogP contribution is 2.27. The molecule has 0 fully saturated rings.